The van der Waals surface area contributed by atoms with Crippen molar-refractivity contribution >= 4 is 22.4 Å². The predicted molar refractivity (Wildman–Crippen MR) is 92.8 cm³/mol. The fourth-order valence-electron chi connectivity index (χ4n) is 2.75. The van der Waals surface area contributed by atoms with Crippen LogP contribution in [0.2, 0.25) is 0 Å². The molecule has 0 bridgehead atoms. The van der Waals surface area contributed by atoms with E-state index in [2.05, 4.69) is 5.32 Å². The molecule has 0 radical (unpaired) electrons. The first-order valence-electron chi connectivity index (χ1n) is 7.50. The van der Waals surface area contributed by atoms with Crippen LogP contribution in [0.1, 0.15) is 11.4 Å². The first kappa shape index (κ1) is 15.0. The van der Waals surface area contributed by atoms with Crippen LogP contribution in [0.5, 0.6) is 0 Å². The lowest BCUT2D eigenvalue weighted by molar-refractivity contribution is -0.116. The minimum absolute atomic E-state index is 0.0359. The normalized spacial score (nSPS) is 10.7. The molecular formula is C19H18N2O2. The molecule has 2 aromatic carbocycles. The number of nitrogens with one attached hydrogen (secondary N) is 1. The number of anilines is 1. The highest BCUT2D eigenvalue weighted by molar-refractivity contribution is 5.94. The summed E-state index contributed by atoms with van der Waals surface area (Å²) in [5, 5.41) is 5.13. The average Bonchev–Trinajstić information content (AvgIpc) is 2.51. The third-order valence-corrected chi connectivity index (χ3v) is 3.89. The van der Waals surface area contributed by atoms with Gasteiger partial charge in [0.05, 0.1) is 0 Å². The van der Waals surface area contributed by atoms with Gasteiger partial charge in [-0.2, -0.15) is 0 Å². The molecule has 0 saturated heterocycles. The highest BCUT2D eigenvalue weighted by Crippen LogP contribution is 2.18. The van der Waals surface area contributed by atoms with Gasteiger partial charge < -0.3 is 9.88 Å². The Morgan fingerprint density at radius 2 is 1.61 bits per heavy atom. The van der Waals surface area contributed by atoms with Crippen molar-refractivity contribution in [3.63, 3.8) is 0 Å². The summed E-state index contributed by atoms with van der Waals surface area (Å²) >= 11 is 0. The summed E-state index contributed by atoms with van der Waals surface area (Å²) in [6.07, 6.45) is 0. The zero-order valence-corrected chi connectivity index (χ0v) is 13.2. The van der Waals surface area contributed by atoms with Crippen molar-refractivity contribution in [1.29, 1.82) is 0 Å². The van der Waals surface area contributed by atoms with Crippen molar-refractivity contribution in [1.82, 2.24) is 4.57 Å². The molecule has 1 N–H and O–H groups in total. The standard InChI is InChI=1S/C19H18N2O2/c1-13-9-18(22)10-14(2)21(13)12-19(23)20-17-8-7-15-5-3-4-6-16(15)11-17/h3-11H,12H2,1-2H3,(H,20,23). The minimum Gasteiger partial charge on any atom is -0.340 e. The van der Waals surface area contributed by atoms with Crippen LogP contribution in [0.4, 0.5) is 5.69 Å². The van der Waals surface area contributed by atoms with E-state index in [0.717, 1.165) is 27.8 Å². The predicted octanol–water partition coefficient (Wildman–Crippen LogP) is 3.26. The molecule has 0 aliphatic heterocycles. The number of pyridine rings is 1. The maximum Gasteiger partial charge on any atom is 0.244 e. The van der Waals surface area contributed by atoms with Crippen LogP contribution < -0.4 is 10.7 Å². The summed E-state index contributed by atoms with van der Waals surface area (Å²) in [6.45, 7) is 3.85. The van der Waals surface area contributed by atoms with Gasteiger partial charge in [-0.1, -0.05) is 30.3 Å². The molecule has 0 fully saturated rings. The number of rotatable bonds is 3. The number of amides is 1. The molecule has 0 aliphatic carbocycles. The van der Waals surface area contributed by atoms with Crippen molar-refractivity contribution in [2.75, 3.05) is 5.32 Å². The number of carbonyl (C=O) groups is 1. The zero-order valence-electron chi connectivity index (χ0n) is 13.2. The number of aromatic nitrogens is 1. The topological polar surface area (TPSA) is 51.1 Å². The van der Waals surface area contributed by atoms with E-state index in [1.54, 1.807) is 0 Å². The summed E-state index contributed by atoms with van der Waals surface area (Å²) in [4.78, 5) is 23.7. The average molecular weight is 306 g/mol. The van der Waals surface area contributed by atoms with Crippen LogP contribution in [0.3, 0.4) is 0 Å². The highest BCUT2D eigenvalue weighted by Gasteiger charge is 2.08. The van der Waals surface area contributed by atoms with Gasteiger partial charge in [-0.3, -0.25) is 9.59 Å². The second-order valence-electron chi connectivity index (χ2n) is 5.67. The Morgan fingerprint density at radius 1 is 0.957 bits per heavy atom. The van der Waals surface area contributed by atoms with E-state index in [4.69, 9.17) is 0 Å². The van der Waals surface area contributed by atoms with Crippen molar-refractivity contribution in [2.24, 2.45) is 0 Å². The van der Waals surface area contributed by atoms with Crippen LogP contribution >= 0.6 is 0 Å². The largest absolute Gasteiger partial charge is 0.340 e. The molecule has 4 nitrogen and oxygen atoms in total. The molecule has 1 aromatic heterocycles. The maximum absolute atomic E-state index is 12.3. The SMILES string of the molecule is Cc1cc(=O)cc(C)n1CC(=O)Nc1ccc2ccccc2c1. The molecular weight excluding hydrogens is 288 g/mol. The second-order valence-corrected chi connectivity index (χ2v) is 5.67. The minimum atomic E-state index is -0.116. The summed E-state index contributed by atoms with van der Waals surface area (Å²) < 4.78 is 1.83. The number of nitrogens with zero attached hydrogens (tertiary/aromatic N) is 1. The van der Waals surface area contributed by atoms with Crippen molar-refractivity contribution in [3.8, 4) is 0 Å². The van der Waals surface area contributed by atoms with E-state index < -0.39 is 0 Å². The van der Waals surface area contributed by atoms with E-state index in [0.29, 0.717) is 0 Å². The molecule has 3 rings (SSSR count). The van der Waals surface area contributed by atoms with Crippen LogP contribution in [-0.4, -0.2) is 10.5 Å². The van der Waals surface area contributed by atoms with E-state index in [1.165, 1.54) is 12.1 Å². The number of fused-ring (bicyclic) bond motifs is 1. The quantitative estimate of drug-likeness (QED) is 0.807. The summed E-state index contributed by atoms with van der Waals surface area (Å²) in [7, 11) is 0. The summed E-state index contributed by atoms with van der Waals surface area (Å²) in [5.74, 6) is -0.116. The number of benzene rings is 2. The van der Waals surface area contributed by atoms with Gasteiger partial charge in [0, 0.05) is 29.2 Å². The molecule has 0 atom stereocenters. The van der Waals surface area contributed by atoms with Gasteiger partial charge in [0.2, 0.25) is 5.91 Å². The number of carbonyl (C=O) groups excluding carboxylic acids is 1. The molecule has 23 heavy (non-hydrogen) atoms. The van der Waals surface area contributed by atoms with Crippen LogP contribution in [0.15, 0.2) is 59.4 Å². The van der Waals surface area contributed by atoms with E-state index in [1.807, 2.05) is 60.9 Å². The van der Waals surface area contributed by atoms with Crippen LogP contribution in [-0.2, 0) is 11.3 Å². The summed E-state index contributed by atoms with van der Waals surface area (Å²) in [6, 6.07) is 16.9. The second kappa shape index (κ2) is 6.08. The molecule has 1 heterocycles. The Balaban J connectivity index is 1.80. The molecule has 0 unspecified atom stereocenters. The fraction of sp³-hybridized carbons (Fsp3) is 0.158. The van der Waals surface area contributed by atoms with Crippen molar-refractivity contribution in [2.45, 2.75) is 20.4 Å². The highest BCUT2D eigenvalue weighted by atomic mass is 16.2. The molecule has 1 amide bonds. The van der Waals surface area contributed by atoms with Gasteiger partial charge in [-0.25, -0.2) is 0 Å². The smallest absolute Gasteiger partial charge is 0.244 e. The molecule has 4 heteroatoms. The lowest BCUT2D eigenvalue weighted by Crippen LogP contribution is -2.23. The third-order valence-electron chi connectivity index (χ3n) is 3.89. The maximum atomic E-state index is 12.3. The number of hydrogen-bond donors (Lipinski definition) is 1. The van der Waals surface area contributed by atoms with Gasteiger partial charge in [0.25, 0.3) is 0 Å². The van der Waals surface area contributed by atoms with Crippen LogP contribution in [0, 0.1) is 13.8 Å². The van der Waals surface area contributed by atoms with Crippen molar-refractivity contribution in [3.05, 3.63) is 76.2 Å². The van der Waals surface area contributed by atoms with Gasteiger partial charge in [-0.15, -0.1) is 0 Å². The van der Waals surface area contributed by atoms with Gasteiger partial charge >= 0.3 is 0 Å². The zero-order chi connectivity index (χ0) is 16.4. The first-order valence-corrected chi connectivity index (χ1v) is 7.50. The molecule has 0 aliphatic rings. The Labute approximate surface area is 134 Å². The number of aryl methyl sites for hydroxylation is 2. The van der Waals surface area contributed by atoms with Gasteiger partial charge in [-0.05, 0) is 36.8 Å². The Morgan fingerprint density at radius 3 is 2.30 bits per heavy atom. The first-order chi connectivity index (χ1) is 11.0. The lowest BCUT2D eigenvalue weighted by Gasteiger charge is -2.14. The van der Waals surface area contributed by atoms with Crippen LogP contribution in [0.25, 0.3) is 10.8 Å². The van der Waals surface area contributed by atoms with E-state index in [-0.39, 0.29) is 17.9 Å². The van der Waals surface area contributed by atoms with E-state index >= 15 is 0 Å². The van der Waals surface area contributed by atoms with E-state index in [9.17, 15) is 9.59 Å². The molecule has 3 aromatic rings. The summed E-state index contributed by atoms with van der Waals surface area (Å²) in [5.41, 5.74) is 2.29. The molecule has 0 saturated carbocycles. The molecule has 0 spiro atoms. The monoisotopic (exact) mass is 306 g/mol. The van der Waals surface area contributed by atoms with Crippen molar-refractivity contribution < 1.29 is 4.79 Å². The third kappa shape index (κ3) is 3.31. The Kier molecular flexibility index (Phi) is 3.98. The van der Waals surface area contributed by atoms with Gasteiger partial charge in [0.1, 0.15) is 6.54 Å². The molecule has 116 valence electrons. The Bertz CT molecular complexity index is 915. The number of hydrogen-bond acceptors (Lipinski definition) is 2. The van der Waals surface area contributed by atoms with Gasteiger partial charge in [0.15, 0.2) is 5.43 Å². The lowest BCUT2D eigenvalue weighted by atomic mass is 10.1. The Hall–Kier alpha value is -2.88. The fourth-order valence-corrected chi connectivity index (χ4v) is 2.75.